The van der Waals surface area contributed by atoms with Crippen LogP contribution in [0.25, 0.3) is 0 Å². The van der Waals surface area contributed by atoms with Crippen molar-refractivity contribution in [3.63, 3.8) is 0 Å². The molecule has 0 unspecified atom stereocenters. The van der Waals surface area contributed by atoms with Crippen LogP contribution >= 0.6 is 47.8 Å². The normalized spacial score (nSPS) is 9.88. The molecule has 0 amide bonds. The van der Waals surface area contributed by atoms with Crippen LogP contribution in [0.15, 0.2) is 0 Å². The summed E-state index contributed by atoms with van der Waals surface area (Å²) in [6.45, 7) is 0. The Bertz CT molecular complexity index is 87.8. The Kier molecular flexibility index (Phi) is 6.88. The predicted molar refractivity (Wildman–Crippen MR) is 37.1 cm³/mol. The van der Waals surface area contributed by atoms with Crippen LogP contribution in [0.4, 0.5) is 0 Å². The van der Waals surface area contributed by atoms with Crippen molar-refractivity contribution >= 4 is 53.8 Å². The third kappa shape index (κ3) is 5.78. The number of carboxylic acids is 1. The third-order valence-corrected chi connectivity index (χ3v) is 1.26. The van der Waals surface area contributed by atoms with Crippen LogP contribution in [0.5, 0.6) is 0 Å². The van der Waals surface area contributed by atoms with Crippen LogP contribution in [0.2, 0.25) is 0 Å². The van der Waals surface area contributed by atoms with Crippen molar-refractivity contribution in [2.24, 2.45) is 0 Å². The number of alkyl halides is 3. The first-order valence-corrected chi connectivity index (χ1v) is 3.62. The fourth-order valence-corrected chi connectivity index (χ4v) is 0. The molecule has 0 aromatic carbocycles. The first-order chi connectivity index (χ1) is 2.94. The van der Waals surface area contributed by atoms with E-state index >= 15 is 0 Å². The smallest absolute Gasteiger partial charge is 0.342 e. The van der Waals surface area contributed by atoms with Crippen molar-refractivity contribution in [2.75, 3.05) is 0 Å². The van der Waals surface area contributed by atoms with Crippen molar-refractivity contribution in [1.29, 1.82) is 0 Å². The zero-order chi connectivity index (χ0) is 6.08. The summed E-state index contributed by atoms with van der Waals surface area (Å²) in [5, 5.41) is 8.11. The van der Waals surface area contributed by atoms with Crippen LogP contribution in [-0.4, -0.2) is 13.2 Å². The molecule has 0 rings (SSSR count). The van der Waals surface area contributed by atoms with Gasteiger partial charge in [0, 0.05) is 22.4 Å². The van der Waals surface area contributed by atoms with Gasteiger partial charge in [0.25, 0.3) is 0 Å². The second-order valence-corrected chi connectivity index (χ2v) is 7.56. The molecule has 0 fully saturated rings. The van der Waals surface area contributed by atoms with Crippen LogP contribution in [0, 0.1) is 0 Å². The standard InChI is InChI=1S/C2HBr3O2.Ag/c3-2(4,5)1(6)7;/h(H,6,7);. The van der Waals surface area contributed by atoms with Gasteiger partial charge in [0.1, 0.15) is 0 Å². The Hall–Kier alpha value is 1.65. The molecule has 0 atom stereocenters. The number of aliphatic carboxylic acids is 1. The average Bonchev–Trinajstić information content (AvgIpc) is 1.31. The Labute approximate surface area is 87.3 Å². The zero-order valence-electron chi connectivity index (χ0n) is 3.29. The molecule has 0 heterocycles. The summed E-state index contributed by atoms with van der Waals surface area (Å²) in [5.74, 6) is -1.01. The van der Waals surface area contributed by atoms with Crippen LogP contribution in [0.1, 0.15) is 0 Å². The Balaban J connectivity index is 0. The minimum absolute atomic E-state index is 0. The van der Waals surface area contributed by atoms with Gasteiger partial charge < -0.3 is 5.11 Å². The van der Waals surface area contributed by atoms with Crippen molar-refractivity contribution in [3.8, 4) is 0 Å². The van der Waals surface area contributed by atoms with Gasteiger partial charge in [0.2, 0.25) is 2.14 Å². The summed E-state index contributed by atoms with van der Waals surface area (Å²) in [4.78, 5) is 9.88. The molecular formula is C2HAgBr3O2. The van der Waals surface area contributed by atoms with Crippen molar-refractivity contribution in [1.82, 2.24) is 0 Å². The minimum atomic E-state index is -1.15. The predicted octanol–water partition coefficient (Wildman–Crippen LogP) is 1.91. The molecule has 0 saturated heterocycles. The van der Waals surface area contributed by atoms with Crippen LogP contribution in [-0.2, 0) is 27.2 Å². The van der Waals surface area contributed by atoms with Crippen molar-refractivity contribution < 1.29 is 32.3 Å². The molecule has 0 saturated carbocycles. The second kappa shape index (κ2) is 4.46. The van der Waals surface area contributed by atoms with Gasteiger partial charge in [0.15, 0.2) is 0 Å². The molecule has 0 spiro atoms. The summed E-state index contributed by atoms with van der Waals surface area (Å²) >= 11 is 8.33. The van der Waals surface area contributed by atoms with E-state index in [-0.39, 0.29) is 22.4 Å². The maximum absolute atomic E-state index is 9.88. The van der Waals surface area contributed by atoms with Crippen molar-refractivity contribution in [2.45, 2.75) is 2.14 Å². The molecule has 53 valence electrons. The summed E-state index contributed by atoms with van der Waals surface area (Å²) < 4.78 is -1.15. The van der Waals surface area contributed by atoms with E-state index in [1.54, 1.807) is 0 Å². The first kappa shape index (κ1) is 12.3. The van der Waals surface area contributed by atoms with E-state index in [1.165, 1.54) is 0 Å². The number of halogens is 3. The Morgan fingerprint density at radius 2 is 1.50 bits per heavy atom. The summed E-state index contributed by atoms with van der Waals surface area (Å²) in [6, 6.07) is 0. The molecule has 1 N–H and O–H groups in total. The summed E-state index contributed by atoms with van der Waals surface area (Å²) in [5.41, 5.74) is 0. The molecule has 0 aromatic rings. The fourth-order valence-electron chi connectivity index (χ4n) is 0. The first-order valence-electron chi connectivity index (χ1n) is 1.24. The molecule has 8 heavy (non-hydrogen) atoms. The maximum atomic E-state index is 9.88. The summed E-state index contributed by atoms with van der Waals surface area (Å²) in [7, 11) is 0. The molecule has 6 heteroatoms. The van der Waals surface area contributed by atoms with Gasteiger partial charge in [0.05, 0.1) is 0 Å². The number of hydrogen-bond acceptors (Lipinski definition) is 1. The van der Waals surface area contributed by atoms with Gasteiger partial charge in [-0.15, -0.1) is 0 Å². The second-order valence-electron chi connectivity index (χ2n) is 0.803. The molecular weight excluding hydrogens is 404 g/mol. The number of rotatable bonds is 0. The van der Waals surface area contributed by atoms with Gasteiger partial charge in [-0.1, -0.05) is 0 Å². The van der Waals surface area contributed by atoms with E-state index in [1.807, 2.05) is 0 Å². The molecule has 0 aliphatic rings. The Morgan fingerprint density at radius 3 is 1.50 bits per heavy atom. The monoisotopic (exact) mass is 401 g/mol. The SMILES string of the molecule is O=C(O)C(Br)(Br)Br.[Ag]. The van der Waals surface area contributed by atoms with E-state index in [0.717, 1.165) is 0 Å². The molecule has 2 nitrogen and oxygen atoms in total. The van der Waals surface area contributed by atoms with Gasteiger partial charge in [-0.25, -0.2) is 4.79 Å². The molecule has 0 bridgehead atoms. The molecule has 0 aromatic heterocycles. The topological polar surface area (TPSA) is 37.3 Å². The maximum Gasteiger partial charge on any atom is 0.342 e. The van der Waals surface area contributed by atoms with E-state index in [4.69, 9.17) is 5.11 Å². The number of hydrogen-bond donors (Lipinski definition) is 1. The van der Waals surface area contributed by atoms with E-state index < -0.39 is 8.11 Å². The summed E-state index contributed by atoms with van der Waals surface area (Å²) in [6.07, 6.45) is 0. The van der Waals surface area contributed by atoms with Crippen LogP contribution in [0.3, 0.4) is 0 Å². The Morgan fingerprint density at radius 1 is 1.38 bits per heavy atom. The molecule has 0 aliphatic heterocycles. The molecule has 0 aliphatic carbocycles. The van der Waals surface area contributed by atoms with E-state index in [9.17, 15) is 4.79 Å². The molecule has 1 radical (unpaired) electrons. The van der Waals surface area contributed by atoms with E-state index in [2.05, 4.69) is 47.8 Å². The van der Waals surface area contributed by atoms with Crippen LogP contribution < -0.4 is 0 Å². The van der Waals surface area contributed by atoms with E-state index in [0.29, 0.717) is 0 Å². The largest absolute Gasteiger partial charge is 0.479 e. The third-order valence-electron chi connectivity index (χ3n) is 0.243. The number of carboxylic acid groups (broad SMARTS) is 1. The fraction of sp³-hybridized carbons (Fsp3) is 0.500. The van der Waals surface area contributed by atoms with Gasteiger partial charge in [-0.3, -0.25) is 0 Å². The average molecular weight is 405 g/mol. The quantitative estimate of drug-likeness (QED) is 0.495. The van der Waals surface area contributed by atoms with Crippen molar-refractivity contribution in [3.05, 3.63) is 0 Å². The van der Waals surface area contributed by atoms with Gasteiger partial charge >= 0.3 is 5.97 Å². The minimum Gasteiger partial charge on any atom is -0.479 e. The van der Waals surface area contributed by atoms with Gasteiger partial charge in [-0.2, -0.15) is 0 Å². The zero-order valence-corrected chi connectivity index (χ0v) is 9.53. The number of carbonyl (C=O) groups is 1. The van der Waals surface area contributed by atoms with Gasteiger partial charge in [-0.05, 0) is 47.8 Å².